The zero-order valence-corrected chi connectivity index (χ0v) is 15.7. The molecule has 1 saturated carbocycles. The predicted molar refractivity (Wildman–Crippen MR) is 100 cm³/mol. The van der Waals surface area contributed by atoms with Crippen molar-refractivity contribution in [3.05, 3.63) is 24.2 Å². The van der Waals surface area contributed by atoms with Gasteiger partial charge in [0.15, 0.2) is 0 Å². The molecule has 7 nitrogen and oxygen atoms in total. The molecule has 1 heterocycles. The van der Waals surface area contributed by atoms with E-state index in [1.54, 1.807) is 6.92 Å². The Morgan fingerprint density at radius 2 is 1.92 bits per heavy atom. The summed E-state index contributed by atoms with van der Waals surface area (Å²) >= 11 is 0. The van der Waals surface area contributed by atoms with Crippen LogP contribution in [0.15, 0.2) is 18.5 Å². The molecule has 1 aliphatic carbocycles. The van der Waals surface area contributed by atoms with Gasteiger partial charge in [0.2, 0.25) is 5.91 Å². The molecule has 0 aromatic carbocycles. The summed E-state index contributed by atoms with van der Waals surface area (Å²) in [6.07, 6.45) is 12.0. The summed E-state index contributed by atoms with van der Waals surface area (Å²) in [6, 6.07) is -0.226. The molecule has 2 rings (SSSR count). The molecule has 1 aromatic rings. The van der Waals surface area contributed by atoms with E-state index in [0.29, 0.717) is 17.4 Å². The Morgan fingerprint density at radius 3 is 2.54 bits per heavy atom. The first-order valence-corrected chi connectivity index (χ1v) is 9.14. The molecular weight excluding hydrogens is 332 g/mol. The van der Waals surface area contributed by atoms with Gasteiger partial charge in [0.05, 0.1) is 25.2 Å². The minimum absolute atomic E-state index is 0.0421. The maximum absolute atomic E-state index is 12.4. The van der Waals surface area contributed by atoms with Crippen LogP contribution in [0.1, 0.15) is 51.6 Å². The number of carbonyl (C=O) groups is 2. The van der Waals surface area contributed by atoms with E-state index in [9.17, 15) is 9.59 Å². The lowest BCUT2D eigenvalue weighted by Crippen LogP contribution is -2.45. The number of anilines is 1. The molecule has 0 unspecified atom stereocenters. The number of rotatable bonds is 7. The largest absolute Gasteiger partial charge is 0.466 e. The SMILES string of the molecule is COC(=O)C=Cc1cnc(N[C@H](C)C(=O)N[C@@H](C)C2CCCCC2)cn1. The number of methoxy groups -OCH3 is 1. The summed E-state index contributed by atoms with van der Waals surface area (Å²) in [5, 5.41) is 6.16. The average molecular weight is 360 g/mol. The van der Waals surface area contributed by atoms with Crippen molar-refractivity contribution in [1.82, 2.24) is 15.3 Å². The molecule has 0 aliphatic heterocycles. The fourth-order valence-corrected chi connectivity index (χ4v) is 3.11. The molecule has 0 bridgehead atoms. The summed E-state index contributed by atoms with van der Waals surface area (Å²) in [4.78, 5) is 31.9. The second kappa shape index (κ2) is 9.89. The van der Waals surface area contributed by atoms with Crippen LogP contribution in [0.2, 0.25) is 0 Å². The Morgan fingerprint density at radius 1 is 1.19 bits per heavy atom. The molecule has 1 aromatic heterocycles. The normalized spacial score (nSPS) is 17.5. The lowest BCUT2D eigenvalue weighted by Gasteiger charge is -2.29. The number of nitrogens with zero attached hydrogens (tertiary/aromatic N) is 2. The van der Waals surface area contributed by atoms with Crippen LogP contribution in [0.5, 0.6) is 0 Å². The first kappa shape index (κ1) is 19.9. The van der Waals surface area contributed by atoms with Gasteiger partial charge in [-0.05, 0) is 38.7 Å². The van der Waals surface area contributed by atoms with E-state index in [4.69, 9.17) is 0 Å². The molecule has 26 heavy (non-hydrogen) atoms. The molecule has 0 saturated heterocycles. The van der Waals surface area contributed by atoms with E-state index in [2.05, 4.69) is 32.3 Å². The third kappa shape index (κ3) is 6.13. The van der Waals surface area contributed by atoms with Gasteiger partial charge in [0, 0.05) is 12.1 Å². The van der Waals surface area contributed by atoms with E-state index in [1.807, 2.05) is 0 Å². The van der Waals surface area contributed by atoms with Crippen molar-refractivity contribution in [2.75, 3.05) is 12.4 Å². The van der Waals surface area contributed by atoms with Crippen molar-refractivity contribution in [2.24, 2.45) is 5.92 Å². The Hall–Kier alpha value is -2.44. The van der Waals surface area contributed by atoms with Crippen LogP contribution in [-0.2, 0) is 14.3 Å². The van der Waals surface area contributed by atoms with Gasteiger partial charge < -0.3 is 15.4 Å². The van der Waals surface area contributed by atoms with E-state index in [0.717, 1.165) is 0 Å². The monoisotopic (exact) mass is 360 g/mol. The third-order valence-electron chi connectivity index (χ3n) is 4.75. The Kier molecular flexibility index (Phi) is 7.56. The maximum atomic E-state index is 12.4. The predicted octanol–water partition coefficient (Wildman–Crippen LogP) is 2.55. The van der Waals surface area contributed by atoms with Crippen LogP contribution in [0.25, 0.3) is 6.08 Å². The standard InChI is InChI=1S/C19H28N4O3/c1-13(15-7-5-4-6-8-15)23-19(25)14(2)22-17-12-20-16(11-21-17)9-10-18(24)26-3/h9-15H,4-8H2,1-3H3,(H,21,22)(H,23,25)/t13-,14+/m0/s1. The first-order valence-electron chi connectivity index (χ1n) is 9.14. The number of hydrogen-bond acceptors (Lipinski definition) is 6. The van der Waals surface area contributed by atoms with Gasteiger partial charge in [-0.15, -0.1) is 0 Å². The van der Waals surface area contributed by atoms with Crippen LogP contribution < -0.4 is 10.6 Å². The van der Waals surface area contributed by atoms with E-state index in [1.165, 1.54) is 63.8 Å². The van der Waals surface area contributed by atoms with Crippen LogP contribution >= 0.6 is 0 Å². The van der Waals surface area contributed by atoms with Crippen molar-refractivity contribution in [2.45, 2.75) is 58.0 Å². The smallest absolute Gasteiger partial charge is 0.330 e. The third-order valence-corrected chi connectivity index (χ3v) is 4.75. The lowest BCUT2D eigenvalue weighted by molar-refractivity contribution is -0.134. The number of carbonyl (C=O) groups excluding carboxylic acids is 2. The fourth-order valence-electron chi connectivity index (χ4n) is 3.11. The van der Waals surface area contributed by atoms with Gasteiger partial charge in [-0.25, -0.2) is 9.78 Å². The Balaban J connectivity index is 1.84. The van der Waals surface area contributed by atoms with E-state index >= 15 is 0 Å². The van der Waals surface area contributed by atoms with Crippen molar-refractivity contribution in [3.63, 3.8) is 0 Å². The number of amides is 1. The van der Waals surface area contributed by atoms with Gasteiger partial charge in [0.1, 0.15) is 11.9 Å². The van der Waals surface area contributed by atoms with Crippen LogP contribution in [0.3, 0.4) is 0 Å². The molecule has 142 valence electrons. The minimum atomic E-state index is -0.452. The van der Waals surface area contributed by atoms with Crippen LogP contribution in [-0.4, -0.2) is 41.0 Å². The second-order valence-electron chi connectivity index (χ2n) is 6.74. The Labute approximate surface area is 154 Å². The van der Waals surface area contributed by atoms with E-state index in [-0.39, 0.29) is 11.9 Å². The zero-order chi connectivity index (χ0) is 18.9. The number of ether oxygens (including phenoxy) is 1. The molecule has 7 heteroatoms. The quantitative estimate of drug-likeness (QED) is 0.573. The highest BCUT2D eigenvalue weighted by atomic mass is 16.5. The van der Waals surface area contributed by atoms with Crippen molar-refractivity contribution < 1.29 is 14.3 Å². The molecule has 2 atom stereocenters. The first-order chi connectivity index (χ1) is 12.5. The highest BCUT2D eigenvalue weighted by molar-refractivity contribution is 5.86. The van der Waals surface area contributed by atoms with Crippen LogP contribution in [0, 0.1) is 5.92 Å². The number of esters is 1. The van der Waals surface area contributed by atoms with Gasteiger partial charge in [0.25, 0.3) is 0 Å². The number of hydrogen-bond donors (Lipinski definition) is 2. The van der Waals surface area contributed by atoms with Crippen molar-refractivity contribution in [3.8, 4) is 0 Å². The van der Waals surface area contributed by atoms with Crippen molar-refractivity contribution >= 4 is 23.8 Å². The molecule has 2 N–H and O–H groups in total. The lowest BCUT2D eigenvalue weighted by atomic mass is 9.84. The van der Waals surface area contributed by atoms with Gasteiger partial charge in [-0.3, -0.25) is 9.78 Å². The molecule has 0 radical (unpaired) electrons. The highest BCUT2D eigenvalue weighted by Crippen LogP contribution is 2.26. The average Bonchev–Trinajstić information content (AvgIpc) is 2.67. The highest BCUT2D eigenvalue weighted by Gasteiger charge is 2.23. The maximum Gasteiger partial charge on any atom is 0.330 e. The van der Waals surface area contributed by atoms with E-state index < -0.39 is 12.0 Å². The molecule has 1 fully saturated rings. The zero-order valence-electron chi connectivity index (χ0n) is 15.7. The van der Waals surface area contributed by atoms with Gasteiger partial charge in [-0.1, -0.05) is 19.3 Å². The summed E-state index contributed by atoms with van der Waals surface area (Å²) in [6.45, 7) is 3.89. The molecular formula is C19H28N4O3. The van der Waals surface area contributed by atoms with Gasteiger partial charge >= 0.3 is 5.97 Å². The topological polar surface area (TPSA) is 93.2 Å². The molecule has 0 spiro atoms. The summed E-state index contributed by atoms with van der Waals surface area (Å²) < 4.78 is 4.52. The summed E-state index contributed by atoms with van der Waals surface area (Å²) in [5.74, 6) is 0.583. The molecule has 1 aliphatic rings. The van der Waals surface area contributed by atoms with Crippen molar-refractivity contribution in [1.29, 1.82) is 0 Å². The molecule has 1 amide bonds. The second-order valence-corrected chi connectivity index (χ2v) is 6.74. The van der Waals surface area contributed by atoms with Crippen LogP contribution in [0.4, 0.5) is 5.82 Å². The number of nitrogens with one attached hydrogen (secondary N) is 2. The Bertz CT molecular complexity index is 624. The van der Waals surface area contributed by atoms with Gasteiger partial charge in [-0.2, -0.15) is 0 Å². The summed E-state index contributed by atoms with van der Waals surface area (Å²) in [5.41, 5.74) is 0.531. The number of aromatic nitrogens is 2. The fraction of sp³-hybridized carbons (Fsp3) is 0.579. The minimum Gasteiger partial charge on any atom is -0.466 e. The summed E-state index contributed by atoms with van der Waals surface area (Å²) in [7, 11) is 1.31.